The summed E-state index contributed by atoms with van der Waals surface area (Å²) < 4.78 is 10.5. The molecule has 0 aliphatic heterocycles. The van der Waals surface area contributed by atoms with Gasteiger partial charge in [0.25, 0.3) is 5.91 Å². The highest BCUT2D eigenvalue weighted by Gasteiger charge is 2.16. The van der Waals surface area contributed by atoms with Gasteiger partial charge in [-0.2, -0.15) is 5.10 Å². The molecule has 156 valence electrons. The molecule has 0 aliphatic rings. The van der Waals surface area contributed by atoms with E-state index in [9.17, 15) is 9.59 Å². The Balaban J connectivity index is 1.91. The number of nitrogens with one attached hydrogen (secondary N) is 3. The van der Waals surface area contributed by atoms with E-state index in [1.807, 2.05) is 0 Å². The van der Waals surface area contributed by atoms with Crippen LogP contribution in [0.25, 0.3) is 11.4 Å². The first kappa shape index (κ1) is 22.1. The van der Waals surface area contributed by atoms with E-state index in [-0.39, 0.29) is 12.5 Å². The maximum Gasteiger partial charge on any atom is 0.408 e. The second-order valence-corrected chi connectivity index (χ2v) is 7.29. The molecule has 2 rings (SSSR count). The lowest BCUT2D eigenvalue weighted by atomic mass is 10.2. The van der Waals surface area contributed by atoms with Crippen molar-refractivity contribution >= 4 is 17.7 Å². The Hall–Kier alpha value is -3.20. The van der Waals surface area contributed by atoms with Gasteiger partial charge in [-0.3, -0.25) is 9.89 Å². The van der Waals surface area contributed by atoms with E-state index in [1.54, 1.807) is 58.0 Å². The molecule has 9 nitrogen and oxygen atoms in total. The van der Waals surface area contributed by atoms with Crippen molar-refractivity contribution in [2.24, 2.45) is 0 Å². The second kappa shape index (κ2) is 9.83. The summed E-state index contributed by atoms with van der Waals surface area (Å²) in [7, 11) is 0. The summed E-state index contributed by atoms with van der Waals surface area (Å²) in [6.07, 6.45) is 0.481. The number of benzene rings is 1. The first-order valence-corrected chi connectivity index (χ1v) is 9.20. The molecule has 1 heterocycles. The number of nitrogens with zero attached hydrogens (tertiary/aromatic N) is 2. The fourth-order valence-electron chi connectivity index (χ4n) is 2.21. The van der Waals surface area contributed by atoms with E-state index in [4.69, 9.17) is 9.47 Å². The van der Waals surface area contributed by atoms with Crippen LogP contribution in [-0.2, 0) is 20.8 Å². The van der Waals surface area contributed by atoms with E-state index in [0.717, 1.165) is 5.56 Å². The third-order valence-corrected chi connectivity index (χ3v) is 3.57. The molecule has 29 heavy (non-hydrogen) atoms. The zero-order valence-electron chi connectivity index (χ0n) is 17.1. The molecule has 9 heteroatoms. The Morgan fingerprint density at radius 3 is 2.59 bits per heavy atom. The Labute approximate surface area is 169 Å². The summed E-state index contributed by atoms with van der Waals surface area (Å²) in [5, 5.41) is 12.3. The lowest BCUT2D eigenvalue weighted by Crippen LogP contribution is -2.32. The zero-order valence-corrected chi connectivity index (χ0v) is 17.1. The highest BCUT2D eigenvalue weighted by molar-refractivity contribution is 5.94. The van der Waals surface area contributed by atoms with Gasteiger partial charge in [-0.25, -0.2) is 9.78 Å². The van der Waals surface area contributed by atoms with Gasteiger partial charge in [-0.1, -0.05) is 6.08 Å². The van der Waals surface area contributed by atoms with E-state index in [0.29, 0.717) is 23.9 Å². The quantitative estimate of drug-likeness (QED) is 0.585. The van der Waals surface area contributed by atoms with Gasteiger partial charge in [0.05, 0.1) is 13.2 Å². The molecule has 1 atom stereocenters. The van der Waals surface area contributed by atoms with Gasteiger partial charge >= 0.3 is 6.09 Å². The highest BCUT2D eigenvalue weighted by atomic mass is 16.6. The Kier molecular flexibility index (Phi) is 7.49. The van der Waals surface area contributed by atoms with Crippen molar-refractivity contribution in [2.45, 2.75) is 45.9 Å². The standard InChI is InChI=1S/C20H27N5O4/c1-6-11-28-13(2)18(26)22-15-9-7-14(8-10-15)17-23-16(24-25-17)12-21-19(27)29-20(3,4)5/h6-10,13H,1,11-12H2,2-5H3,(H,21,27)(H,22,26)(H,23,24,25)/t13-/m1/s1. The van der Waals surface area contributed by atoms with Gasteiger partial charge in [-0.05, 0) is 52.0 Å². The third kappa shape index (κ3) is 7.38. The largest absolute Gasteiger partial charge is 0.444 e. The Bertz CT molecular complexity index is 839. The molecule has 3 N–H and O–H groups in total. The van der Waals surface area contributed by atoms with Crippen LogP contribution in [0.4, 0.5) is 10.5 Å². The number of ether oxygens (including phenoxy) is 2. The number of alkyl carbamates (subject to hydrolysis) is 1. The van der Waals surface area contributed by atoms with Gasteiger partial charge in [0.15, 0.2) is 5.82 Å². The molecule has 1 aromatic heterocycles. The van der Waals surface area contributed by atoms with E-state index >= 15 is 0 Å². The van der Waals surface area contributed by atoms with Crippen LogP contribution in [0.1, 0.15) is 33.5 Å². The van der Waals surface area contributed by atoms with E-state index in [1.165, 1.54) is 0 Å². The van der Waals surface area contributed by atoms with Crippen LogP contribution in [0.15, 0.2) is 36.9 Å². The molecular weight excluding hydrogens is 374 g/mol. The molecule has 0 spiro atoms. The molecule has 0 fully saturated rings. The van der Waals surface area contributed by atoms with Gasteiger partial charge in [0.1, 0.15) is 17.5 Å². The molecule has 2 aromatic rings. The number of aromatic amines is 1. The predicted octanol–water partition coefficient (Wildman–Crippen LogP) is 3.03. The molecule has 1 aromatic carbocycles. The van der Waals surface area contributed by atoms with Gasteiger partial charge in [-0.15, -0.1) is 6.58 Å². The second-order valence-electron chi connectivity index (χ2n) is 7.29. The van der Waals surface area contributed by atoms with Crippen LogP contribution in [0, 0.1) is 0 Å². The number of anilines is 1. The monoisotopic (exact) mass is 401 g/mol. The van der Waals surface area contributed by atoms with Crippen molar-refractivity contribution < 1.29 is 19.1 Å². The number of aromatic nitrogens is 3. The average molecular weight is 401 g/mol. The van der Waals surface area contributed by atoms with E-state index < -0.39 is 17.8 Å². The number of amides is 2. The smallest absolute Gasteiger partial charge is 0.408 e. The maximum absolute atomic E-state index is 12.0. The molecule has 0 radical (unpaired) electrons. The average Bonchev–Trinajstić information content (AvgIpc) is 3.12. The minimum atomic E-state index is -0.583. The van der Waals surface area contributed by atoms with Crippen LogP contribution >= 0.6 is 0 Å². The molecule has 0 bridgehead atoms. The number of hydrogen-bond acceptors (Lipinski definition) is 6. The van der Waals surface area contributed by atoms with Crippen molar-refractivity contribution in [1.29, 1.82) is 0 Å². The summed E-state index contributed by atoms with van der Waals surface area (Å²) in [5.41, 5.74) is 0.831. The molecule has 0 aliphatic carbocycles. The van der Waals surface area contributed by atoms with Gasteiger partial charge in [0, 0.05) is 11.3 Å². The Morgan fingerprint density at radius 1 is 1.28 bits per heavy atom. The number of H-pyrrole nitrogens is 1. The van der Waals surface area contributed by atoms with Crippen molar-refractivity contribution in [2.75, 3.05) is 11.9 Å². The predicted molar refractivity (Wildman–Crippen MR) is 109 cm³/mol. The van der Waals surface area contributed by atoms with Crippen LogP contribution in [0.5, 0.6) is 0 Å². The summed E-state index contributed by atoms with van der Waals surface area (Å²) in [6, 6.07) is 7.09. The summed E-state index contributed by atoms with van der Waals surface area (Å²) in [6.45, 7) is 11.1. The minimum Gasteiger partial charge on any atom is -0.444 e. The first-order valence-electron chi connectivity index (χ1n) is 9.20. The third-order valence-electron chi connectivity index (χ3n) is 3.57. The molecule has 0 unspecified atom stereocenters. The van der Waals surface area contributed by atoms with Gasteiger partial charge in [0.2, 0.25) is 0 Å². The fraction of sp³-hybridized carbons (Fsp3) is 0.400. The normalized spacial score (nSPS) is 12.1. The lowest BCUT2D eigenvalue weighted by molar-refractivity contribution is -0.125. The van der Waals surface area contributed by atoms with Crippen molar-refractivity contribution in [3.8, 4) is 11.4 Å². The molecule has 2 amide bonds. The summed E-state index contributed by atoms with van der Waals surface area (Å²) in [5.74, 6) is 0.732. The van der Waals surface area contributed by atoms with Crippen LogP contribution < -0.4 is 10.6 Å². The SMILES string of the molecule is C=CCO[C@H](C)C(=O)Nc1ccc(-c2n[nH]c(CNC(=O)OC(C)(C)C)n2)cc1. The van der Waals surface area contributed by atoms with Crippen LogP contribution in [-0.4, -0.2) is 45.5 Å². The highest BCUT2D eigenvalue weighted by Crippen LogP contribution is 2.18. The number of carbonyl (C=O) groups is 2. The van der Waals surface area contributed by atoms with Crippen LogP contribution in [0.3, 0.4) is 0 Å². The fourth-order valence-corrected chi connectivity index (χ4v) is 2.21. The number of rotatable bonds is 8. The molecule has 0 saturated carbocycles. The summed E-state index contributed by atoms with van der Waals surface area (Å²) in [4.78, 5) is 28.1. The number of hydrogen-bond donors (Lipinski definition) is 3. The van der Waals surface area contributed by atoms with Gasteiger partial charge < -0.3 is 20.1 Å². The first-order chi connectivity index (χ1) is 13.7. The number of carbonyl (C=O) groups excluding carboxylic acids is 2. The lowest BCUT2D eigenvalue weighted by Gasteiger charge is -2.19. The summed E-state index contributed by atoms with van der Waals surface area (Å²) >= 11 is 0. The van der Waals surface area contributed by atoms with Crippen molar-refractivity contribution in [3.05, 3.63) is 42.7 Å². The van der Waals surface area contributed by atoms with Crippen molar-refractivity contribution in [3.63, 3.8) is 0 Å². The topological polar surface area (TPSA) is 118 Å². The van der Waals surface area contributed by atoms with E-state index in [2.05, 4.69) is 32.4 Å². The molecular formula is C20H27N5O4. The Morgan fingerprint density at radius 2 is 1.97 bits per heavy atom. The van der Waals surface area contributed by atoms with Crippen molar-refractivity contribution in [1.82, 2.24) is 20.5 Å². The van der Waals surface area contributed by atoms with Crippen LogP contribution in [0.2, 0.25) is 0 Å². The zero-order chi connectivity index (χ0) is 21.4. The maximum atomic E-state index is 12.0. The molecule has 0 saturated heterocycles. The minimum absolute atomic E-state index is 0.165.